The first-order valence-corrected chi connectivity index (χ1v) is 7.25. The molecule has 2 aromatic heterocycles. The van der Waals surface area contributed by atoms with Crippen molar-refractivity contribution in [2.45, 2.75) is 44.4 Å². The van der Waals surface area contributed by atoms with Gasteiger partial charge >= 0.3 is 6.18 Å². The van der Waals surface area contributed by atoms with Gasteiger partial charge in [-0.1, -0.05) is 12.5 Å². The Balaban J connectivity index is 1.59. The summed E-state index contributed by atoms with van der Waals surface area (Å²) < 4.78 is 40.2. The summed E-state index contributed by atoms with van der Waals surface area (Å²) in [6.45, 7) is 0.511. The third-order valence-electron chi connectivity index (χ3n) is 4.12. The second kappa shape index (κ2) is 5.67. The average Bonchev–Trinajstić information content (AvgIpc) is 2.87. The van der Waals surface area contributed by atoms with E-state index in [0.29, 0.717) is 13.0 Å². The lowest BCUT2D eigenvalue weighted by Crippen LogP contribution is -2.38. The minimum atomic E-state index is -4.07. The zero-order valence-corrected chi connectivity index (χ0v) is 11.6. The molecule has 1 saturated carbocycles. The minimum absolute atomic E-state index is 0.0739. The monoisotopic (exact) mass is 297 g/mol. The van der Waals surface area contributed by atoms with Gasteiger partial charge in [-0.15, -0.1) is 0 Å². The van der Waals surface area contributed by atoms with Crippen molar-refractivity contribution in [2.24, 2.45) is 5.92 Å². The summed E-state index contributed by atoms with van der Waals surface area (Å²) in [5.41, 5.74) is 1.71. The van der Waals surface area contributed by atoms with Crippen LogP contribution in [0.15, 0.2) is 30.6 Å². The number of hydrogen-bond donors (Lipinski definition) is 1. The van der Waals surface area contributed by atoms with Crippen LogP contribution in [0.1, 0.15) is 31.4 Å². The van der Waals surface area contributed by atoms with Gasteiger partial charge in [0.2, 0.25) is 0 Å². The Morgan fingerprint density at radius 1 is 1.29 bits per heavy atom. The summed E-state index contributed by atoms with van der Waals surface area (Å²) in [5, 5.41) is 3.23. The Morgan fingerprint density at radius 3 is 2.90 bits per heavy atom. The average molecular weight is 297 g/mol. The molecule has 2 heterocycles. The molecule has 1 fully saturated rings. The number of aromatic nitrogens is 2. The summed E-state index contributed by atoms with van der Waals surface area (Å²) in [4.78, 5) is 4.44. The standard InChI is InChI=1S/C15H18F3N3/c16-15(17,18)11-4-3-5-12(8-11)19-9-13-10-21-7-2-1-6-14(21)20-13/h1-2,6-7,10-12,19H,3-5,8-9H2. The summed E-state index contributed by atoms with van der Waals surface area (Å²) in [5.74, 6) is -1.16. The number of halogens is 3. The third kappa shape index (κ3) is 3.37. The van der Waals surface area contributed by atoms with E-state index < -0.39 is 12.1 Å². The molecule has 1 aliphatic rings. The summed E-state index contributed by atoms with van der Waals surface area (Å²) >= 11 is 0. The van der Waals surface area contributed by atoms with Gasteiger partial charge in [0.25, 0.3) is 0 Å². The van der Waals surface area contributed by atoms with E-state index in [2.05, 4.69) is 10.3 Å². The Kier molecular flexibility index (Phi) is 3.89. The smallest absolute Gasteiger partial charge is 0.308 e. The first-order chi connectivity index (χ1) is 10.0. The molecule has 114 valence electrons. The van der Waals surface area contributed by atoms with Crippen LogP contribution in [0.5, 0.6) is 0 Å². The molecular formula is C15H18F3N3. The highest BCUT2D eigenvalue weighted by atomic mass is 19.4. The van der Waals surface area contributed by atoms with Crippen molar-refractivity contribution in [3.8, 4) is 0 Å². The summed E-state index contributed by atoms with van der Waals surface area (Å²) in [7, 11) is 0. The quantitative estimate of drug-likeness (QED) is 0.939. The van der Waals surface area contributed by atoms with Crippen LogP contribution < -0.4 is 5.32 Å². The van der Waals surface area contributed by atoms with Gasteiger partial charge in [0.1, 0.15) is 5.65 Å². The van der Waals surface area contributed by atoms with Gasteiger partial charge in [0.15, 0.2) is 0 Å². The van der Waals surface area contributed by atoms with Crippen molar-refractivity contribution < 1.29 is 13.2 Å². The predicted molar refractivity (Wildman–Crippen MR) is 73.8 cm³/mol. The van der Waals surface area contributed by atoms with Crippen LogP contribution in [-0.4, -0.2) is 21.6 Å². The van der Waals surface area contributed by atoms with Gasteiger partial charge in [-0.25, -0.2) is 4.98 Å². The van der Waals surface area contributed by atoms with E-state index in [1.54, 1.807) is 0 Å². The molecule has 0 radical (unpaired) electrons. The number of alkyl halides is 3. The second-order valence-corrected chi connectivity index (χ2v) is 5.68. The van der Waals surface area contributed by atoms with Crippen molar-refractivity contribution in [3.63, 3.8) is 0 Å². The molecule has 0 aromatic carbocycles. The minimum Gasteiger partial charge on any atom is -0.308 e. The first-order valence-electron chi connectivity index (χ1n) is 7.25. The van der Waals surface area contributed by atoms with Gasteiger partial charge in [-0.3, -0.25) is 0 Å². The molecule has 1 aliphatic carbocycles. The van der Waals surface area contributed by atoms with Crippen LogP contribution in [0, 0.1) is 5.92 Å². The van der Waals surface area contributed by atoms with E-state index in [9.17, 15) is 13.2 Å². The number of imidazole rings is 1. The molecular weight excluding hydrogens is 279 g/mol. The van der Waals surface area contributed by atoms with Crippen LogP contribution in [0.2, 0.25) is 0 Å². The molecule has 2 unspecified atom stereocenters. The van der Waals surface area contributed by atoms with Gasteiger partial charge < -0.3 is 9.72 Å². The number of nitrogens with zero attached hydrogens (tertiary/aromatic N) is 2. The van der Waals surface area contributed by atoms with Crippen LogP contribution in [0.4, 0.5) is 13.2 Å². The number of rotatable bonds is 3. The maximum absolute atomic E-state index is 12.8. The number of fused-ring (bicyclic) bond motifs is 1. The lowest BCUT2D eigenvalue weighted by Gasteiger charge is -2.31. The molecule has 3 rings (SSSR count). The van der Waals surface area contributed by atoms with Gasteiger partial charge in [-0.2, -0.15) is 13.2 Å². The number of pyridine rings is 1. The largest absolute Gasteiger partial charge is 0.391 e. The molecule has 2 atom stereocenters. The van der Waals surface area contributed by atoms with E-state index in [4.69, 9.17) is 0 Å². The molecule has 0 spiro atoms. The lowest BCUT2D eigenvalue weighted by molar-refractivity contribution is -0.183. The van der Waals surface area contributed by atoms with E-state index in [1.807, 2.05) is 35.0 Å². The normalized spacial score (nSPS) is 23.6. The fraction of sp³-hybridized carbons (Fsp3) is 0.533. The molecule has 0 amide bonds. The maximum atomic E-state index is 12.8. The zero-order chi connectivity index (χ0) is 14.9. The molecule has 1 N–H and O–H groups in total. The van der Waals surface area contributed by atoms with E-state index >= 15 is 0 Å². The fourth-order valence-corrected chi connectivity index (χ4v) is 2.99. The van der Waals surface area contributed by atoms with Gasteiger partial charge in [0, 0.05) is 25.0 Å². The highest BCUT2D eigenvalue weighted by Crippen LogP contribution is 2.37. The zero-order valence-electron chi connectivity index (χ0n) is 11.6. The van der Waals surface area contributed by atoms with Crippen LogP contribution >= 0.6 is 0 Å². The molecule has 0 aliphatic heterocycles. The van der Waals surface area contributed by atoms with Crippen molar-refractivity contribution in [1.29, 1.82) is 0 Å². The SMILES string of the molecule is FC(F)(F)C1CCCC(NCc2cn3ccccc3n2)C1. The van der Waals surface area contributed by atoms with E-state index in [1.165, 1.54) is 0 Å². The van der Waals surface area contributed by atoms with Crippen LogP contribution in [0.25, 0.3) is 5.65 Å². The fourth-order valence-electron chi connectivity index (χ4n) is 2.99. The van der Waals surface area contributed by atoms with Crippen LogP contribution in [0.3, 0.4) is 0 Å². The molecule has 2 aromatic rings. The third-order valence-corrected chi connectivity index (χ3v) is 4.12. The van der Waals surface area contributed by atoms with E-state index in [-0.39, 0.29) is 18.9 Å². The maximum Gasteiger partial charge on any atom is 0.391 e. The Bertz CT molecular complexity index is 572. The van der Waals surface area contributed by atoms with Crippen LogP contribution in [-0.2, 0) is 6.54 Å². The topological polar surface area (TPSA) is 29.3 Å². The second-order valence-electron chi connectivity index (χ2n) is 5.68. The highest BCUT2D eigenvalue weighted by molar-refractivity contribution is 5.39. The van der Waals surface area contributed by atoms with Crippen molar-refractivity contribution >= 4 is 5.65 Å². The molecule has 3 nitrogen and oxygen atoms in total. The Hall–Kier alpha value is -1.56. The van der Waals surface area contributed by atoms with E-state index in [0.717, 1.165) is 17.8 Å². The van der Waals surface area contributed by atoms with Gasteiger partial charge in [-0.05, 0) is 31.4 Å². The van der Waals surface area contributed by atoms with Crippen molar-refractivity contribution in [2.75, 3.05) is 0 Å². The predicted octanol–water partition coefficient (Wildman–Crippen LogP) is 3.55. The van der Waals surface area contributed by atoms with Crippen molar-refractivity contribution in [3.05, 3.63) is 36.3 Å². The lowest BCUT2D eigenvalue weighted by atomic mass is 9.85. The summed E-state index contributed by atoms with van der Waals surface area (Å²) in [6.07, 6.45) is 1.63. The number of nitrogens with one attached hydrogen (secondary N) is 1. The molecule has 6 heteroatoms. The Labute approximate surface area is 121 Å². The summed E-state index contributed by atoms with van der Waals surface area (Å²) in [6, 6.07) is 5.66. The molecule has 0 saturated heterocycles. The first kappa shape index (κ1) is 14.4. The number of hydrogen-bond acceptors (Lipinski definition) is 2. The highest BCUT2D eigenvalue weighted by Gasteiger charge is 2.41. The molecule has 21 heavy (non-hydrogen) atoms. The van der Waals surface area contributed by atoms with Crippen molar-refractivity contribution in [1.82, 2.24) is 14.7 Å². The molecule has 0 bridgehead atoms. The Morgan fingerprint density at radius 2 is 2.14 bits per heavy atom. The van der Waals surface area contributed by atoms with Gasteiger partial charge in [0.05, 0.1) is 11.6 Å².